The van der Waals surface area contributed by atoms with Crippen LogP contribution in [0.1, 0.15) is 386 Å². The lowest BCUT2D eigenvalue weighted by atomic mass is 10.0. The number of hydrogen-bond donors (Lipinski definition) is 3. The van der Waals surface area contributed by atoms with Gasteiger partial charge < -0.3 is 20.3 Å². The third-order valence-corrected chi connectivity index (χ3v) is 16.4. The molecule has 0 fully saturated rings. The molecule has 6 heteroatoms. The molecule has 0 rings (SSSR count). The normalized spacial score (nSPS) is 12.7. The number of carbonyl (C=O) groups is 2. The minimum absolute atomic E-state index is 0.00915. The van der Waals surface area contributed by atoms with E-state index in [2.05, 4.69) is 43.5 Å². The highest BCUT2D eigenvalue weighted by Crippen LogP contribution is 2.18. The van der Waals surface area contributed by atoms with Crippen LogP contribution in [-0.4, -0.2) is 47.4 Å². The molecule has 0 heterocycles. The first kappa shape index (κ1) is 76.1. The number of amides is 1. The van der Waals surface area contributed by atoms with Crippen molar-refractivity contribution in [3.05, 3.63) is 36.5 Å². The lowest BCUT2D eigenvalue weighted by Gasteiger charge is -2.20. The molecular weight excluding hydrogens is 959 g/mol. The largest absolute Gasteiger partial charge is 0.466 e. The first-order valence-electron chi connectivity index (χ1n) is 35.3. The van der Waals surface area contributed by atoms with Gasteiger partial charge in [0.25, 0.3) is 0 Å². The van der Waals surface area contributed by atoms with Crippen molar-refractivity contribution in [3.8, 4) is 0 Å². The van der Waals surface area contributed by atoms with Crippen molar-refractivity contribution in [2.24, 2.45) is 0 Å². The maximum atomic E-state index is 12.5. The van der Waals surface area contributed by atoms with E-state index in [0.717, 1.165) is 44.9 Å². The zero-order valence-electron chi connectivity index (χ0n) is 52.7. The SMILES string of the molecule is CCCCCCCCC/C=C\CCCCCCCC(=O)OCCCCCCCCCCCCCC/C=C\CCCCCCCCCCCCCCCC(=O)NC(CO)C(O)/C=C/CCCCCCCCCCCCCCCC. The number of hydrogen-bond acceptors (Lipinski definition) is 5. The molecule has 3 N–H and O–H groups in total. The number of allylic oxidation sites excluding steroid dienone is 5. The monoisotopic (exact) mass is 1100 g/mol. The van der Waals surface area contributed by atoms with E-state index in [9.17, 15) is 19.8 Å². The van der Waals surface area contributed by atoms with E-state index in [4.69, 9.17) is 4.74 Å². The van der Waals surface area contributed by atoms with Gasteiger partial charge in [-0.05, 0) is 83.5 Å². The molecule has 0 aliphatic carbocycles. The molecule has 2 unspecified atom stereocenters. The second kappa shape index (κ2) is 67.6. The van der Waals surface area contributed by atoms with Gasteiger partial charge in [0.15, 0.2) is 0 Å². The summed E-state index contributed by atoms with van der Waals surface area (Å²) in [4.78, 5) is 24.6. The Balaban J connectivity index is 3.38. The van der Waals surface area contributed by atoms with E-state index in [0.29, 0.717) is 19.4 Å². The molecular formula is C72H137NO5. The highest BCUT2D eigenvalue weighted by molar-refractivity contribution is 5.76. The summed E-state index contributed by atoms with van der Waals surface area (Å²) < 4.78 is 5.49. The molecule has 6 nitrogen and oxygen atoms in total. The average molecular weight is 1100 g/mol. The first-order chi connectivity index (χ1) is 38.5. The topological polar surface area (TPSA) is 95.9 Å². The lowest BCUT2D eigenvalue weighted by molar-refractivity contribution is -0.143. The molecule has 0 saturated heterocycles. The van der Waals surface area contributed by atoms with Gasteiger partial charge in [0.1, 0.15) is 0 Å². The van der Waals surface area contributed by atoms with E-state index in [1.807, 2.05) is 6.08 Å². The van der Waals surface area contributed by atoms with Crippen molar-refractivity contribution in [3.63, 3.8) is 0 Å². The quantitative estimate of drug-likeness (QED) is 0.0320. The van der Waals surface area contributed by atoms with E-state index in [1.54, 1.807) is 6.08 Å². The molecule has 0 saturated carbocycles. The van der Waals surface area contributed by atoms with E-state index < -0.39 is 12.1 Å². The highest BCUT2D eigenvalue weighted by Gasteiger charge is 2.18. The molecule has 0 radical (unpaired) electrons. The second-order valence-electron chi connectivity index (χ2n) is 24.2. The van der Waals surface area contributed by atoms with Gasteiger partial charge in [0.2, 0.25) is 5.91 Å². The third-order valence-electron chi connectivity index (χ3n) is 16.4. The third kappa shape index (κ3) is 63.3. The minimum Gasteiger partial charge on any atom is -0.466 e. The number of esters is 1. The molecule has 0 bridgehead atoms. The summed E-state index contributed by atoms with van der Waals surface area (Å²) in [7, 11) is 0. The van der Waals surface area contributed by atoms with Crippen molar-refractivity contribution >= 4 is 11.9 Å². The summed E-state index contributed by atoms with van der Waals surface area (Å²) >= 11 is 0. The maximum absolute atomic E-state index is 12.5. The van der Waals surface area contributed by atoms with Crippen LogP contribution in [0.2, 0.25) is 0 Å². The standard InChI is InChI=1S/C72H137NO5/c1-3-5-7-9-11-13-15-17-19-36-40-44-48-52-56-60-64-70(75)69(68-74)73-71(76)65-61-57-53-49-45-41-37-34-32-30-28-26-24-22-21-23-25-27-29-31-33-35-39-43-47-51-55-59-63-67-78-72(77)66-62-58-54-50-46-42-38-20-18-16-14-12-10-8-6-4-2/h20-21,23,38,60,64,69-70,74-75H,3-19,22,24-37,39-59,61-63,65-68H2,1-2H3,(H,73,76)/b23-21-,38-20-,64-60+. The number of nitrogens with one attached hydrogen (secondary N) is 1. The van der Waals surface area contributed by atoms with E-state index >= 15 is 0 Å². The lowest BCUT2D eigenvalue weighted by Crippen LogP contribution is -2.45. The van der Waals surface area contributed by atoms with Crippen molar-refractivity contribution in [1.29, 1.82) is 0 Å². The first-order valence-corrected chi connectivity index (χ1v) is 35.3. The summed E-state index contributed by atoms with van der Waals surface area (Å²) in [6.07, 6.45) is 86.5. The Labute approximate surface area is 487 Å². The molecule has 0 aromatic carbocycles. The number of aliphatic hydroxyl groups is 2. The van der Waals surface area contributed by atoms with Crippen LogP contribution in [-0.2, 0) is 14.3 Å². The van der Waals surface area contributed by atoms with Gasteiger partial charge in [-0.15, -0.1) is 0 Å². The molecule has 78 heavy (non-hydrogen) atoms. The average Bonchev–Trinajstić information content (AvgIpc) is 3.44. The van der Waals surface area contributed by atoms with Crippen molar-refractivity contribution < 1.29 is 24.5 Å². The molecule has 0 aromatic heterocycles. The van der Waals surface area contributed by atoms with Crippen LogP contribution < -0.4 is 5.32 Å². The van der Waals surface area contributed by atoms with Crippen molar-refractivity contribution in [2.45, 2.75) is 398 Å². The predicted molar refractivity (Wildman–Crippen MR) is 343 cm³/mol. The van der Waals surface area contributed by atoms with Gasteiger partial charge in [-0.2, -0.15) is 0 Å². The number of ether oxygens (including phenoxy) is 1. The second-order valence-corrected chi connectivity index (χ2v) is 24.2. The van der Waals surface area contributed by atoms with Gasteiger partial charge in [0.05, 0.1) is 25.4 Å². The molecule has 0 aromatic rings. The van der Waals surface area contributed by atoms with Gasteiger partial charge in [-0.1, -0.05) is 326 Å². The van der Waals surface area contributed by atoms with Crippen LogP contribution in [0.15, 0.2) is 36.5 Å². The van der Waals surface area contributed by atoms with Gasteiger partial charge in [-0.25, -0.2) is 0 Å². The summed E-state index contributed by atoms with van der Waals surface area (Å²) in [5, 5.41) is 23.2. The molecule has 2 atom stereocenters. The summed E-state index contributed by atoms with van der Waals surface area (Å²) in [5.41, 5.74) is 0. The van der Waals surface area contributed by atoms with Crippen LogP contribution in [0.25, 0.3) is 0 Å². The Hall–Kier alpha value is -1.92. The number of carbonyl (C=O) groups excluding carboxylic acids is 2. The summed E-state index contributed by atoms with van der Waals surface area (Å²) in [6.45, 7) is 4.93. The minimum atomic E-state index is -0.844. The van der Waals surface area contributed by atoms with Gasteiger partial charge >= 0.3 is 5.97 Å². The Bertz CT molecular complexity index is 1260. The van der Waals surface area contributed by atoms with Crippen LogP contribution >= 0.6 is 0 Å². The number of unbranched alkanes of at least 4 members (excludes halogenated alkanes) is 51. The van der Waals surface area contributed by atoms with E-state index in [1.165, 1.54) is 315 Å². The summed E-state index contributed by atoms with van der Waals surface area (Å²) in [5.74, 6) is -0.0557. The highest BCUT2D eigenvalue weighted by atomic mass is 16.5. The van der Waals surface area contributed by atoms with Crippen LogP contribution in [0, 0.1) is 0 Å². The molecule has 1 amide bonds. The van der Waals surface area contributed by atoms with Crippen LogP contribution in [0.5, 0.6) is 0 Å². The van der Waals surface area contributed by atoms with Gasteiger partial charge in [0, 0.05) is 12.8 Å². The number of aliphatic hydroxyl groups excluding tert-OH is 2. The number of rotatable bonds is 66. The fourth-order valence-corrected chi connectivity index (χ4v) is 11.0. The molecule has 0 spiro atoms. The zero-order chi connectivity index (χ0) is 56.4. The van der Waals surface area contributed by atoms with Crippen molar-refractivity contribution in [1.82, 2.24) is 5.32 Å². The Kier molecular flexibility index (Phi) is 65.9. The fourth-order valence-electron chi connectivity index (χ4n) is 11.0. The molecule has 0 aliphatic heterocycles. The Morgan fingerprint density at radius 3 is 0.910 bits per heavy atom. The van der Waals surface area contributed by atoms with Crippen LogP contribution in [0.3, 0.4) is 0 Å². The Morgan fingerprint density at radius 2 is 0.603 bits per heavy atom. The maximum Gasteiger partial charge on any atom is 0.305 e. The molecule has 0 aliphatic rings. The zero-order valence-corrected chi connectivity index (χ0v) is 52.7. The van der Waals surface area contributed by atoms with E-state index in [-0.39, 0.29) is 18.5 Å². The smallest absolute Gasteiger partial charge is 0.305 e. The summed E-state index contributed by atoms with van der Waals surface area (Å²) in [6, 6.07) is -0.627. The van der Waals surface area contributed by atoms with Crippen molar-refractivity contribution in [2.75, 3.05) is 13.2 Å². The predicted octanol–water partition coefficient (Wildman–Crippen LogP) is 22.7. The van der Waals surface area contributed by atoms with Gasteiger partial charge in [-0.3, -0.25) is 9.59 Å². The fraction of sp³-hybridized carbons (Fsp3) is 0.889. The molecule has 460 valence electrons. The van der Waals surface area contributed by atoms with Crippen LogP contribution in [0.4, 0.5) is 0 Å². The Morgan fingerprint density at radius 1 is 0.346 bits per heavy atom.